The van der Waals surface area contributed by atoms with E-state index in [-0.39, 0.29) is 0 Å². The van der Waals surface area contributed by atoms with Gasteiger partial charge in [0, 0.05) is 18.1 Å². The van der Waals surface area contributed by atoms with Crippen molar-refractivity contribution in [2.24, 2.45) is 5.92 Å². The minimum Gasteiger partial charge on any atom is -0.508 e. The van der Waals surface area contributed by atoms with Crippen LogP contribution < -0.4 is 10.6 Å². The van der Waals surface area contributed by atoms with Gasteiger partial charge in [-0.15, -0.1) is 0 Å². The van der Waals surface area contributed by atoms with E-state index in [1.54, 1.807) is 18.3 Å². The van der Waals surface area contributed by atoms with Gasteiger partial charge in [0.1, 0.15) is 11.6 Å². The standard InChI is InChI=1S/C14H17N3O/c18-12-1-2-13-11(7-12)4-6-16-14(13)17-9-10-3-5-15-8-10/h1-2,4,6-7,10,15,18H,3,5,8-9H2,(H,16,17). The second kappa shape index (κ2) is 4.82. The first kappa shape index (κ1) is 11.3. The van der Waals surface area contributed by atoms with Crippen molar-refractivity contribution in [2.45, 2.75) is 6.42 Å². The summed E-state index contributed by atoms with van der Waals surface area (Å²) in [5.41, 5.74) is 0. The molecule has 0 spiro atoms. The van der Waals surface area contributed by atoms with E-state index in [4.69, 9.17) is 0 Å². The Bertz CT molecular complexity index is 550. The zero-order valence-electron chi connectivity index (χ0n) is 10.2. The van der Waals surface area contributed by atoms with Crippen LogP contribution in [0, 0.1) is 5.92 Å². The van der Waals surface area contributed by atoms with Crippen LogP contribution in [0.15, 0.2) is 30.5 Å². The average Bonchev–Trinajstić information content (AvgIpc) is 2.89. The lowest BCUT2D eigenvalue weighted by Gasteiger charge is -2.12. The van der Waals surface area contributed by atoms with Crippen LogP contribution >= 0.6 is 0 Å². The number of pyridine rings is 1. The second-order valence-electron chi connectivity index (χ2n) is 4.80. The Hall–Kier alpha value is -1.81. The lowest BCUT2D eigenvalue weighted by atomic mass is 10.1. The molecule has 1 atom stereocenters. The molecular formula is C14H17N3O. The number of phenols is 1. The predicted octanol–water partition coefficient (Wildman–Crippen LogP) is 1.96. The molecule has 1 saturated heterocycles. The summed E-state index contributed by atoms with van der Waals surface area (Å²) in [7, 11) is 0. The fraction of sp³-hybridized carbons (Fsp3) is 0.357. The maximum atomic E-state index is 9.47. The third-order valence-electron chi connectivity index (χ3n) is 3.47. The van der Waals surface area contributed by atoms with E-state index >= 15 is 0 Å². The molecule has 1 aromatic heterocycles. The zero-order valence-corrected chi connectivity index (χ0v) is 10.2. The van der Waals surface area contributed by atoms with Crippen LogP contribution in [0.2, 0.25) is 0 Å². The van der Waals surface area contributed by atoms with Crippen molar-refractivity contribution in [1.82, 2.24) is 10.3 Å². The lowest BCUT2D eigenvalue weighted by molar-refractivity contribution is 0.476. The van der Waals surface area contributed by atoms with Crippen LogP contribution in [0.3, 0.4) is 0 Å². The van der Waals surface area contributed by atoms with Gasteiger partial charge in [-0.1, -0.05) is 0 Å². The smallest absolute Gasteiger partial charge is 0.133 e. The Labute approximate surface area is 106 Å². The number of fused-ring (bicyclic) bond motifs is 1. The highest BCUT2D eigenvalue weighted by Crippen LogP contribution is 2.25. The number of rotatable bonds is 3. The van der Waals surface area contributed by atoms with E-state index in [1.165, 1.54) is 6.42 Å². The van der Waals surface area contributed by atoms with Crippen LogP contribution in [-0.4, -0.2) is 29.7 Å². The summed E-state index contributed by atoms with van der Waals surface area (Å²) >= 11 is 0. The van der Waals surface area contributed by atoms with Gasteiger partial charge in [-0.2, -0.15) is 0 Å². The fourth-order valence-electron chi connectivity index (χ4n) is 2.44. The van der Waals surface area contributed by atoms with Crippen molar-refractivity contribution in [2.75, 3.05) is 25.0 Å². The monoisotopic (exact) mass is 243 g/mol. The summed E-state index contributed by atoms with van der Waals surface area (Å²) in [4.78, 5) is 4.38. The predicted molar refractivity (Wildman–Crippen MR) is 72.9 cm³/mol. The molecule has 94 valence electrons. The minimum atomic E-state index is 0.291. The first-order valence-electron chi connectivity index (χ1n) is 6.35. The van der Waals surface area contributed by atoms with Gasteiger partial charge in [0.25, 0.3) is 0 Å². The number of anilines is 1. The molecule has 4 heteroatoms. The van der Waals surface area contributed by atoms with Crippen LogP contribution in [0.4, 0.5) is 5.82 Å². The van der Waals surface area contributed by atoms with Gasteiger partial charge in [0.05, 0.1) is 0 Å². The lowest BCUT2D eigenvalue weighted by Crippen LogP contribution is -2.17. The molecule has 3 rings (SSSR count). The Morgan fingerprint density at radius 3 is 3.17 bits per heavy atom. The molecule has 0 radical (unpaired) electrons. The molecule has 1 aliphatic heterocycles. The summed E-state index contributed by atoms with van der Waals surface area (Å²) in [6, 6.07) is 7.29. The number of phenolic OH excluding ortho intramolecular Hbond substituents is 1. The Morgan fingerprint density at radius 1 is 1.39 bits per heavy atom. The molecule has 2 aromatic rings. The highest BCUT2D eigenvalue weighted by Gasteiger charge is 2.14. The molecule has 1 aromatic carbocycles. The van der Waals surface area contributed by atoms with Gasteiger partial charge in [-0.3, -0.25) is 0 Å². The number of hydrogen-bond acceptors (Lipinski definition) is 4. The normalized spacial score (nSPS) is 19.2. The average molecular weight is 243 g/mol. The zero-order chi connectivity index (χ0) is 12.4. The SMILES string of the molecule is Oc1ccc2c(NCC3CCNC3)nccc2c1. The minimum absolute atomic E-state index is 0.291. The van der Waals surface area contributed by atoms with Crippen molar-refractivity contribution in [3.63, 3.8) is 0 Å². The number of nitrogens with zero attached hydrogens (tertiary/aromatic N) is 1. The summed E-state index contributed by atoms with van der Waals surface area (Å²) in [5, 5.41) is 18.3. The molecule has 18 heavy (non-hydrogen) atoms. The van der Waals surface area contributed by atoms with E-state index in [1.807, 2.05) is 12.1 Å². The molecular weight excluding hydrogens is 226 g/mol. The maximum Gasteiger partial charge on any atom is 0.133 e. The Kier molecular flexibility index (Phi) is 3.02. The van der Waals surface area contributed by atoms with E-state index in [9.17, 15) is 5.11 Å². The van der Waals surface area contributed by atoms with E-state index in [0.717, 1.165) is 36.2 Å². The highest BCUT2D eigenvalue weighted by molar-refractivity contribution is 5.92. The van der Waals surface area contributed by atoms with Gasteiger partial charge >= 0.3 is 0 Å². The van der Waals surface area contributed by atoms with Gasteiger partial charge in [0.15, 0.2) is 0 Å². The molecule has 1 fully saturated rings. The topological polar surface area (TPSA) is 57.2 Å². The summed E-state index contributed by atoms with van der Waals surface area (Å²) in [5.74, 6) is 1.87. The van der Waals surface area contributed by atoms with Gasteiger partial charge in [-0.25, -0.2) is 4.98 Å². The summed E-state index contributed by atoms with van der Waals surface area (Å²) in [6.45, 7) is 3.14. The molecule has 2 heterocycles. The van der Waals surface area contributed by atoms with Gasteiger partial charge < -0.3 is 15.7 Å². The van der Waals surface area contributed by atoms with Crippen molar-refractivity contribution < 1.29 is 5.11 Å². The number of aromatic nitrogens is 1. The number of nitrogens with one attached hydrogen (secondary N) is 2. The summed E-state index contributed by atoms with van der Waals surface area (Å²) in [6.07, 6.45) is 3.00. The largest absolute Gasteiger partial charge is 0.508 e. The number of hydrogen-bond donors (Lipinski definition) is 3. The van der Waals surface area contributed by atoms with E-state index in [2.05, 4.69) is 15.6 Å². The van der Waals surface area contributed by atoms with Crippen molar-refractivity contribution in [3.8, 4) is 5.75 Å². The van der Waals surface area contributed by atoms with Crippen LogP contribution in [0.25, 0.3) is 10.8 Å². The fourth-order valence-corrected chi connectivity index (χ4v) is 2.44. The quantitative estimate of drug-likeness (QED) is 0.771. The molecule has 1 unspecified atom stereocenters. The number of aromatic hydroxyl groups is 1. The third kappa shape index (κ3) is 2.24. The van der Waals surface area contributed by atoms with Crippen molar-refractivity contribution in [1.29, 1.82) is 0 Å². The summed E-state index contributed by atoms with van der Waals surface area (Å²) < 4.78 is 0. The maximum absolute atomic E-state index is 9.47. The van der Waals surface area contributed by atoms with Crippen molar-refractivity contribution >= 4 is 16.6 Å². The second-order valence-corrected chi connectivity index (χ2v) is 4.80. The van der Waals surface area contributed by atoms with Crippen LogP contribution in [-0.2, 0) is 0 Å². The van der Waals surface area contributed by atoms with Crippen LogP contribution in [0.1, 0.15) is 6.42 Å². The number of benzene rings is 1. The van der Waals surface area contributed by atoms with Gasteiger partial charge in [-0.05, 0) is 55.1 Å². The molecule has 1 aliphatic rings. The molecule has 0 bridgehead atoms. The molecule has 0 amide bonds. The van der Waals surface area contributed by atoms with Gasteiger partial charge in [0.2, 0.25) is 0 Å². The van der Waals surface area contributed by atoms with E-state index < -0.39 is 0 Å². The Balaban J connectivity index is 1.82. The highest BCUT2D eigenvalue weighted by atomic mass is 16.3. The first-order chi connectivity index (χ1) is 8.83. The van der Waals surface area contributed by atoms with Crippen LogP contribution in [0.5, 0.6) is 5.75 Å². The Morgan fingerprint density at radius 2 is 2.33 bits per heavy atom. The third-order valence-corrected chi connectivity index (χ3v) is 3.47. The molecule has 3 N–H and O–H groups in total. The molecule has 0 aliphatic carbocycles. The molecule has 4 nitrogen and oxygen atoms in total. The first-order valence-corrected chi connectivity index (χ1v) is 6.35. The molecule has 0 saturated carbocycles. The van der Waals surface area contributed by atoms with Crippen molar-refractivity contribution in [3.05, 3.63) is 30.5 Å². The van der Waals surface area contributed by atoms with E-state index in [0.29, 0.717) is 11.7 Å².